The lowest BCUT2D eigenvalue weighted by Gasteiger charge is -2.40. The maximum absolute atomic E-state index is 13.5. The van der Waals surface area contributed by atoms with Crippen LogP contribution in [0.4, 0.5) is 48.5 Å². The average molecular weight is 655 g/mol. The van der Waals surface area contributed by atoms with Gasteiger partial charge < -0.3 is 19.7 Å². The Morgan fingerprint density at radius 3 is 2.17 bits per heavy atom. The summed E-state index contributed by atoms with van der Waals surface area (Å²) in [5.41, 5.74) is -2.24. The molecule has 0 unspecified atom stereocenters. The summed E-state index contributed by atoms with van der Waals surface area (Å²) in [6.45, 7) is 7.22. The molecule has 0 bridgehead atoms. The molecule has 3 aromatic rings. The first kappa shape index (κ1) is 34.6. The molecule has 2 atom stereocenters. The summed E-state index contributed by atoms with van der Waals surface area (Å²) in [6, 6.07) is 3.93. The topological polar surface area (TPSA) is 92.7 Å². The fraction of sp³-hybridized carbons (Fsp3) is 0.484. The van der Waals surface area contributed by atoms with E-state index in [9.17, 15) is 31.1 Å². The zero-order valence-electron chi connectivity index (χ0n) is 26.5. The summed E-state index contributed by atoms with van der Waals surface area (Å²) in [6.07, 6.45) is -8.48. The van der Waals surface area contributed by atoms with Crippen molar-refractivity contribution < 1.29 is 40.6 Å². The number of fused-ring (bicyclic) bond motifs is 1. The number of nitrogens with zero attached hydrogens (tertiary/aromatic N) is 5. The summed E-state index contributed by atoms with van der Waals surface area (Å²) >= 11 is 0. The first-order valence-electron chi connectivity index (χ1n) is 14.5. The third kappa shape index (κ3) is 7.91. The molecule has 15 heteroatoms. The van der Waals surface area contributed by atoms with E-state index in [1.807, 2.05) is 6.92 Å². The number of nitrogens with one attached hydrogen (secondary N) is 1. The van der Waals surface area contributed by atoms with Gasteiger partial charge in [0.25, 0.3) is 0 Å². The molecule has 1 aliphatic heterocycles. The predicted octanol–water partition coefficient (Wildman–Crippen LogP) is 7.65. The molecule has 46 heavy (non-hydrogen) atoms. The highest BCUT2D eigenvalue weighted by molar-refractivity contribution is 5.90. The number of carbonyl (C=O) groups is 1. The van der Waals surface area contributed by atoms with Gasteiger partial charge in [0.2, 0.25) is 11.8 Å². The molecule has 2 aromatic heterocycles. The van der Waals surface area contributed by atoms with E-state index < -0.39 is 41.2 Å². The summed E-state index contributed by atoms with van der Waals surface area (Å²) in [5.74, 6) is 0.365. The smallest absolute Gasteiger partial charge is 0.416 e. The van der Waals surface area contributed by atoms with Gasteiger partial charge >= 0.3 is 18.4 Å². The molecule has 0 aliphatic carbocycles. The summed E-state index contributed by atoms with van der Waals surface area (Å²) in [4.78, 5) is 30.0. The first-order chi connectivity index (χ1) is 21.3. The van der Waals surface area contributed by atoms with E-state index in [0.717, 1.165) is 0 Å². The minimum Gasteiger partial charge on any atom is -0.481 e. The van der Waals surface area contributed by atoms with E-state index in [-0.39, 0.29) is 35.7 Å². The minimum atomic E-state index is -4.98. The molecule has 9 nitrogen and oxygen atoms in total. The molecule has 0 radical (unpaired) electrons. The third-order valence-corrected chi connectivity index (χ3v) is 7.26. The number of methoxy groups -OCH3 is 1. The lowest BCUT2D eigenvalue weighted by molar-refractivity contribution is -0.143. The molecule has 0 spiro atoms. The second-order valence-corrected chi connectivity index (χ2v) is 12.1. The first-order valence-corrected chi connectivity index (χ1v) is 14.5. The SMILES string of the molecule is CC[C@@H]1C[C@H](Nc2ncc(N(C)C)c(Cc3cc(C(F)(F)F)cc(C(F)(F)F)c3)n2)c2nc(OC)ccc2N1C(=O)OC(C)(C)C. The zero-order valence-corrected chi connectivity index (χ0v) is 26.5. The van der Waals surface area contributed by atoms with Crippen molar-refractivity contribution in [2.24, 2.45) is 0 Å². The second kappa shape index (κ2) is 12.8. The van der Waals surface area contributed by atoms with Crippen molar-refractivity contribution in [3.05, 3.63) is 64.6 Å². The molecule has 4 rings (SSSR count). The normalized spacial score (nSPS) is 16.9. The lowest BCUT2D eigenvalue weighted by atomic mass is 9.93. The Kier molecular flexibility index (Phi) is 9.64. The van der Waals surface area contributed by atoms with Crippen LogP contribution in [0, 0.1) is 0 Å². The molecule has 1 aliphatic rings. The van der Waals surface area contributed by atoms with Crippen LogP contribution in [0.3, 0.4) is 0 Å². The number of pyridine rings is 1. The van der Waals surface area contributed by atoms with Crippen LogP contribution in [-0.2, 0) is 23.5 Å². The summed E-state index contributed by atoms with van der Waals surface area (Å²) < 4.78 is 92.3. The highest BCUT2D eigenvalue weighted by Gasteiger charge is 2.40. The Hall–Kier alpha value is -4.30. The Bertz CT molecular complexity index is 1540. The molecule has 0 fully saturated rings. The Morgan fingerprint density at radius 1 is 1.02 bits per heavy atom. The Morgan fingerprint density at radius 2 is 1.65 bits per heavy atom. The number of halogens is 6. The van der Waals surface area contributed by atoms with Gasteiger partial charge in [-0.05, 0) is 63.4 Å². The standard InChI is InChI=1S/C31H36F6N6O3/c1-8-20-15-22(26-23(9-10-25(41-26)45-7)43(20)28(44)46-29(2,3)4)40-27-38-16-24(42(5)6)21(39-27)13-17-11-18(30(32,33)34)14-19(12-17)31(35,36)37/h9-12,14,16,20,22H,8,13,15H2,1-7H3,(H,38,39,40)/t20-,22+/m1/s1. The molecule has 0 saturated carbocycles. The number of hydrogen-bond donors (Lipinski definition) is 1. The number of rotatable bonds is 7. The molecule has 1 N–H and O–H groups in total. The van der Waals surface area contributed by atoms with Crippen LogP contribution in [0.5, 0.6) is 5.88 Å². The minimum absolute atomic E-state index is 0.0739. The van der Waals surface area contributed by atoms with Gasteiger partial charge in [0.05, 0.1) is 53.2 Å². The second-order valence-electron chi connectivity index (χ2n) is 12.1. The fourth-order valence-electron chi connectivity index (χ4n) is 5.20. The predicted molar refractivity (Wildman–Crippen MR) is 160 cm³/mol. The number of hydrogen-bond acceptors (Lipinski definition) is 8. The van der Waals surface area contributed by atoms with Crippen molar-refractivity contribution in [3.63, 3.8) is 0 Å². The van der Waals surface area contributed by atoms with Gasteiger partial charge in [-0.2, -0.15) is 26.3 Å². The van der Waals surface area contributed by atoms with Gasteiger partial charge in [-0.3, -0.25) is 4.90 Å². The van der Waals surface area contributed by atoms with Gasteiger partial charge in [0, 0.05) is 32.6 Å². The van der Waals surface area contributed by atoms with Gasteiger partial charge in [-0.25, -0.2) is 19.7 Å². The zero-order chi connectivity index (χ0) is 34.2. The van der Waals surface area contributed by atoms with Gasteiger partial charge in [-0.1, -0.05) is 6.92 Å². The number of benzene rings is 1. The summed E-state index contributed by atoms with van der Waals surface area (Å²) in [5, 5.41) is 3.23. The van der Waals surface area contributed by atoms with Gasteiger partial charge in [0.1, 0.15) is 5.60 Å². The molecule has 250 valence electrons. The van der Waals surface area contributed by atoms with Gasteiger partial charge in [0.15, 0.2) is 0 Å². The van der Waals surface area contributed by atoms with E-state index in [4.69, 9.17) is 9.47 Å². The quantitative estimate of drug-likeness (QED) is 0.260. The largest absolute Gasteiger partial charge is 0.481 e. The molecule has 0 saturated heterocycles. The van der Waals surface area contributed by atoms with E-state index in [1.165, 1.54) is 13.3 Å². The number of aromatic nitrogens is 3. The van der Waals surface area contributed by atoms with Crippen molar-refractivity contribution in [1.82, 2.24) is 15.0 Å². The van der Waals surface area contributed by atoms with Crippen molar-refractivity contribution in [1.29, 1.82) is 0 Å². The average Bonchev–Trinajstić information content (AvgIpc) is 2.94. The van der Waals surface area contributed by atoms with Gasteiger partial charge in [-0.15, -0.1) is 0 Å². The Balaban J connectivity index is 1.75. The maximum Gasteiger partial charge on any atom is 0.416 e. The monoisotopic (exact) mass is 654 g/mol. The number of amides is 1. The molecular weight excluding hydrogens is 618 g/mol. The molecule has 1 aromatic carbocycles. The Labute approximate surface area is 262 Å². The van der Waals surface area contributed by atoms with E-state index in [1.54, 1.807) is 56.8 Å². The van der Waals surface area contributed by atoms with Crippen molar-refractivity contribution in [2.75, 3.05) is 36.3 Å². The lowest BCUT2D eigenvalue weighted by Crippen LogP contribution is -2.48. The number of anilines is 3. The van der Waals surface area contributed by atoms with Crippen molar-refractivity contribution in [3.8, 4) is 5.88 Å². The highest BCUT2D eigenvalue weighted by atomic mass is 19.4. The fourth-order valence-corrected chi connectivity index (χ4v) is 5.20. The van der Waals surface area contributed by atoms with Crippen LogP contribution in [-0.4, -0.2) is 53.9 Å². The number of alkyl halides is 6. The van der Waals surface area contributed by atoms with E-state index >= 15 is 0 Å². The highest BCUT2D eigenvalue weighted by Crippen LogP contribution is 2.41. The number of ether oxygens (including phenoxy) is 2. The van der Waals surface area contributed by atoms with Crippen LogP contribution in [0.1, 0.15) is 74.7 Å². The van der Waals surface area contributed by atoms with Crippen molar-refractivity contribution >= 4 is 23.4 Å². The summed E-state index contributed by atoms with van der Waals surface area (Å²) in [7, 11) is 4.77. The van der Waals surface area contributed by atoms with Crippen molar-refractivity contribution in [2.45, 2.75) is 77.0 Å². The molecule has 3 heterocycles. The number of carbonyl (C=O) groups excluding carboxylic acids is 1. The molecular formula is C31H36F6N6O3. The molecule has 1 amide bonds. The van der Waals surface area contributed by atoms with Crippen LogP contribution in [0.25, 0.3) is 0 Å². The maximum atomic E-state index is 13.5. The van der Waals surface area contributed by atoms with Crippen LogP contribution in [0.2, 0.25) is 0 Å². The van der Waals surface area contributed by atoms with Crippen LogP contribution < -0.4 is 19.9 Å². The third-order valence-electron chi connectivity index (χ3n) is 7.26. The van der Waals surface area contributed by atoms with Crippen LogP contribution in [0.15, 0.2) is 36.5 Å². The van der Waals surface area contributed by atoms with Crippen LogP contribution >= 0.6 is 0 Å². The van der Waals surface area contributed by atoms with E-state index in [0.29, 0.717) is 47.9 Å². The van der Waals surface area contributed by atoms with E-state index in [2.05, 4.69) is 20.3 Å².